The van der Waals surface area contributed by atoms with Crippen molar-refractivity contribution < 1.29 is 14.3 Å². The van der Waals surface area contributed by atoms with Crippen molar-refractivity contribution in [2.24, 2.45) is 5.41 Å². The van der Waals surface area contributed by atoms with E-state index in [2.05, 4.69) is 24.2 Å². The van der Waals surface area contributed by atoms with Crippen LogP contribution in [0.2, 0.25) is 0 Å². The van der Waals surface area contributed by atoms with Crippen molar-refractivity contribution in [1.29, 1.82) is 0 Å². The van der Waals surface area contributed by atoms with Gasteiger partial charge in [0.2, 0.25) is 0 Å². The lowest BCUT2D eigenvalue weighted by Crippen LogP contribution is -2.43. The molecule has 0 N–H and O–H groups in total. The van der Waals surface area contributed by atoms with Gasteiger partial charge in [-0.1, -0.05) is 44.7 Å². The van der Waals surface area contributed by atoms with Crippen LogP contribution in [0.1, 0.15) is 56.4 Å². The molecule has 2 heterocycles. The van der Waals surface area contributed by atoms with Crippen LogP contribution in [0.4, 0.5) is 0 Å². The molecule has 0 atom stereocenters. The van der Waals surface area contributed by atoms with Gasteiger partial charge in [0.15, 0.2) is 5.69 Å². The summed E-state index contributed by atoms with van der Waals surface area (Å²) in [6, 6.07) is 0. The van der Waals surface area contributed by atoms with E-state index in [4.69, 9.17) is 9.47 Å². The lowest BCUT2D eigenvalue weighted by atomic mass is 9.89. The van der Waals surface area contributed by atoms with Gasteiger partial charge in [0.05, 0.1) is 32.6 Å². The Morgan fingerprint density at radius 1 is 1.38 bits per heavy atom. The first kappa shape index (κ1) is 15.9. The van der Waals surface area contributed by atoms with Gasteiger partial charge in [-0.05, 0) is 6.42 Å². The van der Waals surface area contributed by atoms with E-state index in [0.29, 0.717) is 13.2 Å². The number of hydrogen-bond acceptors (Lipinski definition) is 5. The van der Waals surface area contributed by atoms with E-state index in [1.165, 1.54) is 19.3 Å². The van der Waals surface area contributed by atoms with Gasteiger partial charge in [-0.25, -0.2) is 4.79 Å². The zero-order chi connectivity index (χ0) is 15.1. The van der Waals surface area contributed by atoms with Crippen molar-refractivity contribution in [2.45, 2.75) is 52.5 Å². The number of carbonyl (C=O) groups is 1. The molecule has 21 heavy (non-hydrogen) atoms. The van der Waals surface area contributed by atoms with Gasteiger partial charge in [-0.3, -0.25) is 4.68 Å². The molecule has 0 unspecified atom stereocenters. The summed E-state index contributed by atoms with van der Waals surface area (Å²) in [5.74, 6) is -0.383. The average molecular weight is 295 g/mol. The molecule has 0 amide bonds. The van der Waals surface area contributed by atoms with E-state index in [1.54, 1.807) is 10.9 Å². The second kappa shape index (κ2) is 7.54. The van der Waals surface area contributed by atoms with Gasteiger partial charge in [0.25, 0.3) is 0 Å². The van der Waals surface area contributed by atoms with Crippen LogP contribution in [0.5, 0.6) is 0 Å². The zero-order valence-electron chi connectivity index (χ0n) is 13.0. The van der Waals surface area contributed by atoms with E-state index in [-0.39, 0.29) is 17.1 Å². The quantitative estimate of drug-likeness (QED) is 0.517. The Balaban J connectivity index is 1.69. The predicted octanol–water partition coefficient (Wildman–Crippen LogP) is 2.44. The maximum Gasteiger partial charge on any atom is 0.360 e. The molecule has 6 heteroatoms. The highest BCUT2D eigenvalue weighted by Gasteiger charge is 2.34. The maximum absolute atomic E-state index is 11.8. The van der Waals surface area contributed by atoms with Crippen LogP contribution in [0.15, 0.2) is 6.20 Å². The SMILES string of the molecule is CCCCCCCOC(=O)c1cn(CC2(C)COC2)nn1. The summed E-state index contributed by atoms with van der Waals surface area (Å²) in [5.41, 5.74) is 0.390. The number of nitrogens with zero attached hydrogens (tertiary/aromatic N) is 3. The molecule has 0 spiro atoms. The van der Waals surface area contributed by atoms with Crippen LogP contribution in [0.25, 0.3) is 0 Å². The zero-order valence-corrected chi connectivity index (χ0v) is 13.0. The van der Waals surface area contributed by atoms with Gasteiger partial charge >= 0.3 is 5.97 Å². The number of unbranched alkanes of at least 4 members (excludes halogenated alkanes) is 4. The monoisotopic (exact) mass is 295 g/mol. The minimum Gasteiger partial charge on any atom is -0.461 e. The van der Waals surface area contributed by atoms with Crippen molar-refractivity contribution in [3.05, 3.63) is 11.9 Å². The molecule has 0 aliphatic carbocycles. The minimum atomic E-state index is -0.383. The third kappa shape index (κ3) is 4.81. The predicted molar refractivity (Wildman–Crippen MR) is 78.0 cm³/mol. The lowest BCUT2D eigenvalue weighted by molar-refractivity contribution is -0.111. The minimum absolute atomic E-state index is 0.105. The van der Waals surface area contributed by atoms with Gasteiger partial charge in [-0.15, -0.1) is 5.10 Å². The third-order valence-electron chi connectivity index (χ3n) is 3.67. The summed E-state index contributed by atoms with van der Waals surface area (Å²) in [6.45, 7) is 6.94. The summed E-state index contributed by atoms with van der Waals surface area (Å²) < 4.78 is 12.1. The Labute approximate surface area is 125 Å². The molecule has 2 rings (SSSR count). The highest BCUT2D eigenvalue weighted by molar-refractivity contribution is 5.86. The molecular formula is C15H25N3O3. The number of ether oxygens (including phenoxy) is 2. The fourth-order valence-corrected chi connectivity index (χ4v) is 2.35. The number of aromatic nitrogens is 3. The van der Waals surface area contributed by atoms with Gasteiger partial charge < -0.3 is 9.47 Å². The first-order valence-electron chi connectivity index (χ1n) is 7.78. The molecule has 1 aliphatic rings. The Hall–Kier alpha value is -1.43. The molecule has 6 nitrogen and oxygen atoms in total. The van der Waals surface area contributed by atoms with E-state index >= 15 is 0 Å². The maximum atomic E-state index is 11.8. The molecule has 0 bridgehead atoms. The second-order valence-corrected chi connectivity index (χ2v) is 6.15. The van der Waals surface area contributed by atoms with Crippen molar-refractivity contribution in [2.75, 3.05) is 19.8 Å². The van der Waals surface area contributed by atoms with Gasteiger partial charge in [0.1, 0.15) is 0 Å². The smallest absolute Gasteiger partial charge is 0.360 e. The molecule has 1 aromatic heterocycles. The summed E-state index contributed by atoms with van der Waals surface area (Å²) in [4.78, 5) is 11.8. The molecule has 1 fully saturated rings. The Morgan fingerprint density at radius 3 is 2.81 bits per heavy atom. The van der Waals surface area contributed by atoms with Crippen LogP contribution < -0.4 is 0 Å². The van der Waals surface area contributed by atoms with Crippen LogP contribution >= 0.6 is 0 Å². The third-order valence-corrected chi connectivity index (χ3v) is 3.67. The number of esters is 1. The van der Waals surface area contributed by atoms with Gasteiger partial charge in [0, 0.05) is 5.41 Å². The average Bonchev–Trinajstić information content (AvgIpc) is 2.89. The summed E-state index contributed by atoms with van der Waals surface area (Å²) in [7, 11) is 0. The molecule has 1 aromatic rings. The van der Waals surface area contributed by atoms with Crippen molar-refractivity contribution >= 4 is 5.97 Å². The normalized spacial score (nSPS) is 16.5. The number of carbonyl (C=O) groups excluding carboxylic acids is 1. The van der Waals surface area contributed by atoms with Crippen molar-refractivity contribution in [3.8, 4) is 0 Å². The van der Waals surface area contributed by atoms with Crippen LogP contribution in [0.3, 0.4) is 0 Å². The first-order valence-corrected chi connectivity index (χ1v) is 7.78. The fourth-order valence-electron chi connectivity index (χ4n) is 2.35. The first-order chi connectivity index (χ1) is 10.1. The van der Waals surface area contributed by atoms with E-state index in [1.807, 2.05) is 0 Å². The highest BCUT2D eigenvalue weighted by Crippen LogP contribution is 2.28. The largest absolute Gasteiger partial charge is 0.461 e. The highest BCUT2D eigenvalue weighted by atomic mass is 16.5. The number of rotatable bonds is 9. The molecule has 0 radical (unpaired) electrons. The summed E-state index contributed by atoms with van der Waals surface area (Å²) in [6.07, 6.45) is 7.33. The molecule has 0 saturated carbocycles. The molecule has 0 aromatic carbocycles. The van der Waals surface area contributed by atoms with Crippen molar-refractivity contribution in [3.63, 3.8) is 0 Å². The van der Waals surface area contributed by atoms with E-state index in [0.717, 1.165) is 26.1 Å². The van der Waals surface area contributed by atoms with Crippen LogP contribution in [-0.4, -0.2) is 40.8 Å². The van der Waals surface area contributed by atoms with Crippen molar-refractivity contribution in [1.82, 2.24) is 15.0 Å². The van der Waals surface area contributed by atoms with Gasteiger partial charge in [-0.2, -0.15) is 0 Å². The van der Waals surface area contributed by atoms with Crippen LogP contribution in [0, 0.1) is 5.41 Å². The fraction of sp³-hybridized carbons (Fsp3) is 0.800. The Bertz CT molecular complexity index is 455. The number of hydrogen-bond donors (Lipinski definition) is 0. The summed E-state index contributed by atoms with van der Waals surface area (Å²) in [5, 5.41) is 7.87. The second-order valence-electron chi connectivity index (χ2n) is 6.15. The van der Waals surface area contributed by atoms with Crippen LogP contribution in [-0.2, 0) is 16.0 Å². The molecular weight excluding hydrogens is 270 g/mol. The lowest BCUT2D eigenvalue weighted by Gasteiger charge is -2.37. The van der Waals surface area contributed by atoms with E-state index < -0.39 is 0 Å². The topological polar surface area (TPSA) is 66.2 Å². The molecule has 1 saturated heterocycles. The van der Waals surface area contributed by atoms with E-state index in [9.17, 15) is 4.79 Å². The Kier molecular flexibility index (Phi) is 5.73. The summed E-state index contributed by atoms with van der Waals surface area (Å²) >= 11 is 0. The standard InChI is InChI=1S/C15H25N3O3/c1-3-4-5-6-7-8-21-14(19)13-9-18(17-16-13)10-15(2)11-20-12-15/h9H,3-8,10-12H2,1-2H3. The molecule has 1 aliphatic heterocycles. The Morgan fingerprint density at radius 2 is 2.14 bits per heavy atom. The molecule has 118 valence electrons.